The van der Waals surface area contributed by atoms with E-state index in [4.69, 9.17) is 4.74 Å². The highest BCUT2D eigenvalue weighted by molar-refractivity contribution is 14.1. The third kappa shape index (κ3) is 5.73. The van der Waals surface area contributed by atoms with Crippen molar-refractivity contribution in [1.29, 1.82) is 0 Å². The zero-order valence-electron chi connectivity index (χ0n) is 16.4. The van der Waals surface area contributed by atoms with Gasteiger partial charge in [-0.2, -0.15) is 0 Å². The molecule has 0 aliphatic heterocycles. The number of sulfonamides is 1. The van der Waals surface area contributed by atoms with Crippen LogP contribution in [0, 0.1) is 3.57 Å². The standard InChI is InChI=1S/C22H21IN2O4S/c1-16(22(26)24-18-10-8-17(23)9-11-18)25(30(2,27)28)19-12-14-21(15-13-19)29-20-6-4-3-5-7-20/h3-16H,1-2H3,(H,24,26)/t16-/m1/s1. The number of hydrogen-bond donors (Lipinski definition) is 1. The van der Waals surface area contributed by atoms with Gasteiger partial charge in [0, 0.05) is 9.26 Å². The smallest absolute Gasteiger partial charge is 0.247 e. The molecule has 0 aliphatic carbocycles. The predicted molar refractivity (Wildman–Crippen MR) is 128 cm³/mol. The van der Waals surface area contributed by atoms with E-state index in [1.165, 1.54) is 0 Å². The molecule has 0 aromatic heterocycles. The molecule has 0 spiro atoms. The molecule has 6 nitrogen and oxygen atoms in total. The Morgan fingerprint density at radius 2 is 1.50 bits per heavy atom. The first-order chi connectivity index (χ1) is 14.2. The number of para-hydroxylation sites is 1. The first kappa shape index (κ1) is 22.1. The van der Waals surface area contributed by atoms with Gasteiger partial charge in [-0.05, 0) is 90.2 Å². The fourth-order valence-electron chi connectivity index (χ4n) is 2.87. The topological polar surface area (TPSA) is 75.7 Å². The molecule has 1 amide bonds. The van der Waals surface area contributed by atoms with E-state index in [0.29, 0.717) is 22.9 Å². The monoisotopic (exact) mass is 536 g/mol. The molecular formula is C22H21IN2O4S. The molecule has 3 aromatic carbocycles. The van der Waals surface area contributed by atoms with Crippen LogP contribution in [0.3, 0.4) is 0 Å². The van der Waals surface area contributed by atoms with E-state index < -0.39 is 22.0 Å². The fourth-order valence-corrected chi connectivity index (χ4v) is 4.41. The molecule has 3 aromatic rings. The number of nitrogens with one attached hydrogen (secondary N) is 1. The Labute approximate surface area is 190 Å². The second-order valence-electron chi connectivity index (χ2n) is 6.64. The fraction of sp³-hybridized carbons (Fsp3) is 0.136. The van der Waals surface area contributed by atoms with Crippen LogP contribution in [0.15, 0.2) is 78.9 Å². The highest BCUT2D eigenvalue weighted by Gasteiger charge is 2.29. The summed E-state index contributed by atoms with van der Waals surface area (Å²) in [4.78, 5) is 12.7. The number of amides is 1. The molecule has 0 fully saturated rings. The predicted octanol–water partition coefficient (Wildman–Crippen LogP) is 4.88. The molecular weight excluding hydrogens is 515 g/mol. The summed E-state index contributed by atoms with van der Waals surface area (Å²) in [5, 5.41) is 2.76. The molecule has 0 bridgehead atoms. The van der Waals surface area contributed by atoms with Gasteiger partial charge in [0.2, 0.25) is 15.9 Å². The van der Waals surface area contributed by atoms with Crippen LogP contribution >= 0.6 is 22.6 Å². The third-order valence-electron chi connectivity index (χ3n) is 4.27. The molecule has 0 heterocycles. The molecule has 0 saturated heterocycles. The zero-order valence-corrected chi connectivity index (χ0v) is 19.4. The van der Waals surface area contributed by atoms with Crippen molar-refractivity contribution < 1.29 is 17.9 Å². The van der Waals surface area contributed by atoms with Crippen LogP contribution in [-0.4, -0.2) is 26.6 Å². The molecule has 3 rings (SSSR count). The Kier molecular flexibility index (Phi) is 6.99. The lowest BCUT2D eigenvalue weighted by Gasteiger charge is -2.28. The minimum atomic E-state index is -3.70. The Bertz CT molecular complexity index is 1100. The number of hydrogen-bond acceptors (Lipinski definition) is 4. The van der Waals surface area contributed by atoms with Crippen molar-refractivity contribution in [2.75, 3.05) is 15.9 Å². The van der Waals surface area contributed by atoms with E-state index in [0.717, 1.165) is 14.1 Å². The summed E-state index contributed by atoms with van der Waals surface area (Å²) >= 11 is 2.17. The van der Waals surface area contributed by atoms with Crippen molar-refractivity contribution in [1.82, 2.24) is 0 Å². The van der Waals surface area contributed by atoms with E-state index in [-0.39, 0.29) is 0 Å². The molecule has 8 heteroatoms. The van der Waals surface area contributed by atoms with Crippen LogP contribution in [-0.2, 0) is 14.8 Å². The maximum atomic E-state index is 12.7. The molecule has 1 N–H and O–H groups in total. The number of halogens is 1. The summed E-state index contributed by atoms with van der Waals surface area (Å²) in [5.41, 5.74) is 0.982. The lowest BCUT2D eigenvalue weighted by atomic mass is 10.2. The van der Waals surface area contributed by atoms with Gasteiger partial charge in [-0.1, -0.05) is 18.2 Å². The van der Waals surface area contributed by atoms with Crippen molar-refractivity contribution in [3.8, 4) is 11.5 Å². The normalized spacial score (nSPS) is 12.1. The van der Waals surface area contributed by atoms with E-state index in [1.807, 2.05) is 42.5 Å². The van der Waals surface area contributed by atoms with Crippen molar-refractivity contribution in [2.24, 2.45) is 0 Å². The summed E-state index contributed by atoms with van der Waals surface area (Å²) in [7, 11) is -3.70. The van der Waals surface area contributed by atoms with Crippen molar-refractivity contribution >= 4 is 49.9 Å². The third-order valence-corrected chi connectivity index (χ3v) is 6.23. The van der Waals surface area contributed by atoms with Crippen LogP contribution in [0.5, 0.6) is 11.5 Å². The quantitative estimate of drug-likeness (QED) is 0.437. The van der Waals surface area contributed by atoms with Crippen LogP contribution < -0.4 is 14.4 Å². The van der Waals surface area contributed by atoms with Crippen molar-refractivity contribution in [3.63, 3.8) is 0 Å². The number of nitrogens with zero attached hydrogens (tertiary/aromatic N) is 1. The van der Waals surface area contributed by atoms with Crippen LogP contribution in [0.4, 0.5) is 11.4 Å². The Morgan fingerprint density at radius 3 is 2.07 bits per heavy atom. The Balaban J connectivity index is 1.79. The van der Waals surface area contributed by atoms with E-state index >= 15 is 0 Å². The second kappa shape index (κ2) is 9.48. The van der Waals surface area contributed by atoms with Gasteiger partial charge in [-0.15, -0.1) is 0 Å². The van der Waals surface area contributed by atoms with Gasteiger partial charge in [-0.25, -0.2) is 8.42 Å². The summed E-state index contributed by atoms with van der Waals surface area (Å²) in [6, 6.07) is 22.2. The number of anilines is 2. The number of ether oxygens (including phenoxy) is 1. The average molecular weight is 536 g/mol. The maximum Gasteiger partial charge on any atom is 0.247 e. The first-order valence-electron chi connectivity index (χ1n) is 9.13. The largest absolute Gasteiger partial charge is 0.457 e. The van der Waals surface area contributed by atoms with Gasteiger partial charge in [0.25, 0.3) is 0 Å². The van der Waals surface area contributed by atoms with Gasteiger partial charge in [0.05, 0.1) is 11.9 Å². The first-order valence-corrected chi connectivity index (χ1v) is 12.1. The van der Waals surface area contributed by atoms with Crippen molar-refractivity contribution in [3.05, 3.63) is 82.4 Å². The molecule has 1 atom stereocenters. The minimum absolute atomic E-state index is 0.378. The highest BCUT2D eigenvalue weighted by atomic mass is 127. The molecule has 0 saturated carbocycles. The van der Waals surface area contributed by atoms with E-state index in [2.05, 4.69) is 27.9 Å². The van der Waals surface area contributed by atoms with Gasteiger partial charge in [0.15, 0.2) is 0 Å². The Hall–Kier alpha value is -2.59. The average Bonchev–Trinajstić information content (AvgIpc) is 2.71. The van der Waals surface area contributed by atoms with Crippen LogP contribution in [0.25, 0.3) is 0 Å². The molecule has 30 heavy (non-hydrogen) atoms. The number of carbonyl (C=O) groups is 1. The van der Waals surface area contributed by atoms with Crippen LogP contribution in [0.1, 0.15) is 6.92 Å². The summed E-state index contributed by atoms with van der Waals surface area (Å²) < 4.78 is 32.8. The molecule has 0 radical (unpaired) electrons. The molecule has 0 aliphatic rings. The van der Waals surface area contributed by atoms with Gasteiger partial charge >= 0.3 is 0 Å². The number of carbonyl (C=O) groups excluding carboxylic acids is 1. The van der Waals surface area contributed by atoms with Gasteiger partial charge < -0.3 is 10.1 Å². The summed E-state index contributed by atoms with van der Waals surface area (Å²) in [6.07, 6.45) is 1.08. The van der Waals surface area contributed by atoms with Crippen LogP contribution in [0.2, 0.25) is 0 Å². The van der Waals surface area contributed by atoms with E-state index in [1.54, 1.807) is 43.3 Å². The van der Waals surface area contributed by atoms with Gasteiger partial charge in [-0.3, -0.25) is 9.10 Å². The molecule has 0 unspecified atom stereocenters. The summed E-state index contributed by atoms with van der Waals surface area (Å²) in [5.74, 6) is 0.816. The van der Waals surface area contributed by atoms with Crippen molar-refractivity contribution in [2.45, 2.75) is 13.0 Å². The summed E-state index contributed by atoms with van der Waals surface area (Å²) in [6.45, 7) is 1.55. The molecule has 156 valence electrons. The second-order valence-corrected chi connectivity index (χ2v) is 9.75. The van der Waals surface area contributed by atoms with Gasteiger partial charge in [0.1, 0.15) is 17.5 Å². The lowest BCUT2D eigenvalue weighted by molar-refractivity contribution is -0.116. The minimum Gasteiger partial charge on any atom is -0.457 e. The highest BCUT2D eigenvalue weighted by Crippen LogP contribution is 2.27. The Morgan fingerprint density at radius 1 is 0.933 bits per heavy atom. The van der Waals surface area contributed by atoms with E-state index in [9.17, 15) is 13.2 Å². The maximum absolute atomic E-state index is 12.7. The lowest BCUT2D eigenvalue weighted by Crippen LogP contribution is -2.45. The zero-order chi connectivity index (χ0) is 21.7. The number of rotatable bonds is 7. The SMILES string of the molecule is C[C@H](C(=O)Nc1ccc(I)cc1)N(c1ccc(Oc2ccccc2)cc1)S(C)(=O)=O. The number of benzene rings is 3.